The van der Waals surface area contributed by atoms with Crippen molar-refractivity contribution in [2.45, 2.75) is 52.0 Å². The lowest BCUT2D eigenvalue weighted by Gasteiger charge is -2.27. The van der Waals surface area contributed by atoms with E-state index in [0.717, 1.165) is 37.2 Å². The van der Waals surface area contributed by atoms with Gasteiger partial charge in [0, 0.05) is 6.04 Å². The van der Waals surface area contributed by atoms with Crippen molar-refractivity contribution < 1.29 is 4.74 Å². The summed E-state index contributed by atoms with van der Waals surface area (Å²) in [4.78, 5) is 0. The van der Waals surface area contributed by atoms with Gasteiger partial charge >= 0.3 is 0 Å². The average molecular weight is 273 g/mol. The lowest BCUT2D eigenvalue weighted by atomic mass is 9.89. The van der Waals surface area contributed by atoms with Gasteiger partial charge in [-0.05, 0) is 67.7 Å². The van der Waals surface area contributed by atoms with Crippen LogP contribution in [0.4, 0.5) is 0 Å². The Bertz CT molecular complexity index is 453. The summed E-state index contributed by atoms with van der Waals surface area (Å²) in [6.45, 7) is 6.64. The fraction of sp³-hybridized carbons (Fsp3) is 0.667. The van der Waals surface area contributed by atoms with Crippen molar-refractivity contribution in [3.05, 3.63) is 29.3 Å². The topological polar surface area (TPSA) is 21.3 Å². The maximum Gasteiger partial charge on any atom is 0.122 e. The summed E-state index contributed by atoms with van der Waals surface area (Å²) >= 11 is 0. The summed E-state index contributed by atoms with van der Waals surface area (Å²) in [7, 11) is 0. The van der Waals surface area contributed by atoms with Crippen LogP contribution in [0.5, 0.6) is 5.75 Å². The van der Waals surface area contributed by atoms with Gasteiger partial charge in [0.15, 0.2) is 0 Å². The first kappa shape index (κ1) is 13.9. The molecule has 1 aliphatic carbocycles. The molecule has 2 heteroatoms. The maximum atomic E-state index is 5.74. The number of benzene rings is 1. The Labute approximate surface area is 122 Å². The molecule has 2 atom stereocenters. The van der Waals surface area contributed by atoms with Gasteiger partial charge < -0.3 is 10.1 Å². The summed E-state index contributed by atoms with van der Waals surface area (Å²) in [6.07, 6.45) is 6.35. The van der Waals surface area contributed by atoms with Gasteiger partial charge in [-0.15, -0.1) is 0 Å². The Balaban J connectivity index is 1.81. The first-order valence-corrected chi connectivity index (χ1v) is 8.28. The van der Waals surface area contributed by atoms with E-state index in [1.165, 1.54) is 36.8 Å². The van der Waals surface area contributed by atoms with E-state index in [-0.39, 0.29) is 0 Å². The van der Waals surface area contributed by atoms with E-state index in [9.17, 15) is 0 Å². The molecule has 2 unspecified atom stereocenters. The fourth-order valence-electron chi connectivity index (χ4n) is 3.38. The molecule has 0 radical (unpaired) electrons. The van der Waals surface area contributed by atoms with Crippen LogP contribution in [0.15, 0.2) is 18.2 Å². The lowest BCUT2D eigenvalue weighted by molar-refractivity contribution is 0.287. The van der Waals surface area contributed by atoms with Gasteiger partial charge in [0.05, 0.1) is 6.61 Å². The molecule has 1 aromatic carbocycles. The number of ether oxygens (including phenoxy) is 1. The molecule has 2 aliphatic rings. The Morgan fingerprint density at radius 2 is 2.20 bits per heavy atom. The van der Waals surface area contributed by atoms with E-state index in [0.29, 0.717) is 6.04 Å². The molecular weight excluding hydrogens is 246 g/mol. The van der Waals surface area contributed by atoms with Crippen LogP contribution in [0.25, 0.3) is 0 Å². The second-order valence-electron chi connectivity index (χ2n) is 6.45. The van der Waals surface area contributed by atoms with Crippen molar-refractivity contribution >= 4 is 0 Å². The van der Waals surface area contributed by atoms with Gasteiger partial charge in [-0.2, -0.15) is 0 Å². The van der Waals surface area contributed by atoms with Crippen molar-refractivity contribution in [2.75, 3.05) is 13.2 Å². The van der Waals surface area contributed by atoms with Gasteiger partial charge in [0.1, 0.15) is 5.75 Å². The van der Waals surface area contributed by atoms with Gasteiger partial charge in [0.25, 0.3) is 0 Å². The Morgan fingerprint density at radius 1 is 1.35 bits per heavy atom. The molecule has 0 bridgehead atoms. The van der Waals surface area contributed by atoms with Gasteiger partial charge in [0.2, 0.25) is 0 Å². The molecule has 1 aliphatic heterocycles. The monoisotopic (exact) mass is 273 g/mol. The molecule has 20 heavy (non-hydrogen) atoms. The average Bonchev–Trinajstić information content (AvgIpc) is 3.32. The maximum absolute atomic E-state index is 5.74. The van der Waals surface area contributed by atoms with E-state index >= 15 is 0 Å². The zero-order valence-electron chi connectivity index (χ0n) is 12.8. The summed E-state index contributed by atoms with van der Waals surface area (Å²) < 4.78 is 5.74. The number of fused-ring (bicyclic) bond motifs is 1. The second-order valence-corrected chi connectivity index (χ2v) is 6.45. The predicted molar refractivity (Wildman–Crippen MR) is 83.2 cm³/mol. The predicted octanol–water partition coefficient (Wildman–Crippen LogP) is 4.10. The van der Waals surface area contributed by atoms with Crippen molar-refractivity contribution in [1.82, 2.24) is 5.32 Å². The summed E-state index contributed by atoms with van der Waals surface area (Å²) in [5.41, 5.74) is 2.86. The molecule has 3 rings (SSSR count). The summed E-state index contributed by atoms with van der Waals surface area (Å²) in [5.74, 6) is 2.77. The highest BCUT2D eigenvalue weighted by molar-refractivity contribution is 5.40. The highest BCUT2D eigenvalue weighted by Gasteiger charge is 2.34. The summed E-state index contributed by atoms with van der Waals surface area (Å²) in [5, 5.41) is 3.77. The first-order chi connectivity index (χ1) is 9.79. The number of nitrogens with one attached hydrogen (secondary N) is 1. The normalized spacial score (nSPS) is 20.9. The quantitative estimate of drug-likeness (QED) is 0.842. The molecule has 0 amide bonds. The number of rotatable bonds is 6. The Kier molecular flexibility index (Phi) is 4.30. The molecule has 1 aromatic rings. The van der Waals surface area contributed by atoms with Crippen LogP contribution in [-0.4, -0.2) is 13.2 Å². The van der Waals surface area contributed by atoms with E-state index in [4.69, 9.17) is 4.74 Å². The molecular formula is C18H27NO. The molecule has 1 fully saturated rings. The molecule has 2 nitrogen and oxygen atoms in total. The number of hydrogen-bond acceptors (Lipinski definition) is 2. The van der Waals surface area contributed by atoms with Crippen molar-refractivity contribution in [3.63, 3.8) is 0 Å². The van der Waals surface area contributed by atoms with Crippen LogP contribution in [0.2, 0.25) is 0 Å². The highest BCUT2D eigenvalue weighted by atomic mass is 16.5. The zero-order valence-corrected chi connectivity index (χ0v) is 12.8. The van der Waals surface area contributed by atoms with Gasteiger partial charge in [-0.3, -0.25) is 0 Å². The first-order valence-electron chi connectivity index (χ1n) is 8.28. The Morgan fingerprint density at radius 3 is 2.95 bits per heavy atom. The minimum Gasteiger partial charge on any atom is -0.493 e. The number of hydrogen-bond donors (Lipinski definition) is 1. The Hall–Kier alpha value is -1.02. The van der Waals surface area contributed by atoms with Crippen molar-refractivity contribution in [2.24, 2.45) is 11.8 Å². The number of aryl methyl sites for hydroxylation is 1. The van der Waals surface area contributed by atoms with E-state index in [2.05, 4.69) is 37.4 Å². The van der Waals surface area contributed by atoms with Gasteiger partial charge in [-0.25, -0.2) is 0 Å². The van der Waals surface area contributed by atoms with E-state index in [1.807, 2.05) is 0 Å². The standard InChI is InChI=1S/C18H27NO/c1-3-10-19-18(13(2)14-6-7-14)16-8-9-17-15(12-16)5-4-11-20-17/h8-9,12-14,18-19H,3-7,10-11H2,1-2H3. The van der Waals surface area contributed by atoms with Crippen molar-refractivity contribution in [1.29, 1.82) is 0 Å². The van der Waals surface area contributed by atoms with Crippen LogP contribution in [0.1, 0.15) is 56.7 Å². The molecule has 0 saturated heterocycles. The molecule has 1 saturated carbocycles. The van der Waals surface area contributed by atoms with Crippen LogP contribution in [0.3, 0.4) is 0 Å². The molecule has 1 heterocycles. The second kappa shape index (κ2) is 6.17. The third-order valence-electron chi connectivity index (χ3n) is 4.80. The largest absolute Gasteiger partial charge is 0.493 e. The third kappa shape index (κ3) is 3.01. The van der Waals surface area contributed by atoms with Crippen LogP contribution < -0.4 is 10.1 Å². The van der Waals surface area contributed by atoms with Crippen molar-refractivity contribution in [3.8, 4) is 5.75 Å². The molecule has 0 aromatic heterocycles. The van der Waals surface area contributed by atoms with Crippen LogP contribution in [0, 0.1) is 11.8 Å². The van der Waals surface area contributed by atoms with E-state index < -0.39 is 0 Å². The SMILES string of the molecule is CCCNC(c1ccc2c(c1)CCCO2)C(C)C1CC1. The van der Waals surface area contributed by atoms with Gasteiger partial charge in [-0.1, -0.05) is 26.0 Å². The molecule has 110 valence electrons. The van der Waals surface area contributed by atoms with Crippen LogP contribution >= 0.6 is 0 Å². The zero-order chi connectivity index (χ0) is 13.9. The summed E-state index contributed by atoms with van der Waals surface area (Å²) in [6, 6.07) is 7.36. The lowest BCUT2D eigenvalue weighted by Crippen LogP contribution is -2.29. The smallest absolute Gasteiger partial charge is 0.122 e. The highest BCUT2D eigenvalue weighted by Crippen LogP contribution is 2.43. The minimum atomic E-state index is 0.509. The fourth-order valence-corrected chi connectivity index (χ4v) is 3.38. The molecule has 0 spiro atoms. The third-order valence-corrected chi connectivity index (χ3v) is 4.80. The van der Waals surface area contributed by atoms with Crippen LogP contribution in [-0.2, 0) is 6.42 Å². The minimum absolute atomic E-state index is 0.509. The molecule has 1 N–H and O–H groups in total. The van der Waals surface area contributed by atoms with E-state index in [1.54, 1.807) is 0 Å².